The van der Waals surface area contributed by atoms with Gasteiger partial charge in [0.25, 0.3) is 0 Å². The maximum atomic E-state index is 4.37. The monoisotopic (exact) mass is 248 g/mol. The Kier molecular flexibility index (Phi) is 4.46. The van der Waals surface area contributed by atoms with E-state index in [0.29, 0.717) is 0 Å². The Balaban J connectivity index is 2.03. The summed E-state index contributed by atoms with van der Waals surface area (Å²) in [6.45, 7) is 7.59. The summed E-state index contributed by atoms with van der Waals surface area (Å²) in [6, 6.07) is 0. The van der Waals surface area contributed by atoms with Crippen LogP contribution < -0.4 is 5.32 Å². The smallest absolute Gasteiger partial charge is 0.146 e. The predicted molar refractivity (Wildman–Crippen MR) is 69.0 cm³/mol. The second-order valence-corrected chi connectivity index (χ2v) is 4.14. The molecule has 0 aromatic carbocycles. The van der Waals surface area contributed by atoms with E-state index >= 15 is 0 Å². The van der Waals surface area contributed by atoms with Crippen LogP contribution in [0.15, 0.2) is 18.7 Å². The summed E-state index contributed by atoms with van der Waals surface area (Å²) in [7, 11) is 0. The zero-order valence-corrected chi connectivity index (χ0v) is 11.0. The van der Waals surface area contributed by atoms with Gasteiger partial charge in [-0.15, -0.1) is 0 Å². The molecule has 0 bridgehead atoms. The lowest BCUT2D eigenvalue weighted by Gasteiger charge is -2.08. The molecule has 0 radical (unpaired) electrons. The highest BCUT2D eigenvalue weighted by Crippen LogP contribution is 2.03. The normalized spacial score (nSPS) is 11.0. The molecule has 0 aliphatic rings. The van der Waals surface area contributed by atoms with E-state index in [1.807, 2.05) is 17.1 Å². The van der Waals surface area contributed by atoms with Gasteiger partial charge in [-0.3, -0.25) is 0 Å². The van der Waals surface area contributed by atoms with Crippen molar-refractivity contribution in [1.29, 1.82) is 0 Å². The molecule has 0 fully saturated rings. The predicted octanol–water partition coefficient (Wildman–Crippen LogP) is 1.04. The Bertz CT molecular complexity index is 472. The molecule has 0 spiro atoms. The maximum absolute atomic E-state index is 4.37. The Labute approximate surface area is 107 Å². The van der Waals surface area contributed by atoms with Crippen molar-refractivity contribution < 1.29 is 0 Å². The summed E-state index contributed by atoms with van der Waals surface area (Å²) in [5.74, 6) is 2.00. The highest BCUT2D eigenvalue weighted by Gasteiger charge is 2.07. The lowest BCUT2D eigenvalue weighted by Crippen LogP contribution is -2.19. The Morgan fingerprint density at radius 2 is 2.11 bits per heavy atom. The second kappa shape index (κ2) is 6.30. The number of imidazole rings is 1. The van der Waals surface area contributed by atoms with Gasteiger partial charge in [0, 0.05) is 18.9 Å². The third-order valence-corrected chi connectivity index (χ3v) is 2.82. The first-order chi connectivity index (χ1) is 8.85. The van der Waals surface area contributed by atoms with Crippen molar-refractivity contribution >= 4 is 0 Å². The number of rotatable bonds is 7. The molecule has 2 heterocycles. The van der Waals surface area contributed by atoms with Crippen LogP contribution in [0.2, 0.25) is 0 Å². The van der Waals surface area contributed by atoms with Crippen LogP contribution in [0.3, 0.4) is 0 Å². The van der Waals surface area contributed by atoms with Gasteiger partial charge in [0.2, 0.25) is 0 Å². The van der Waals surface area contributed by atoms with Crippen molar-refractivity contribution in [3.05, 3.63) is 30.4 Å². The SMILES string of the molecule is CCCNCc1nccn1Cc1ncnn1CC. The van der Waals surface area contributed by atoms with E-state index in [4.69, 9.17) is 0 Å². The van der Waals surface area contributed by atoms with E-state index in [-0.39, 0.29) is 0 Å². The number of nitrogens with one attached hydrogen (secondary N) is 1. The molecule has 0 saturated heterocycles. The molecule has 2 aromatic heterocycles. The van der Waals surface area contributed by atoms with Gasteiger partial charge >= 0.3 is 0 Å². The van der Waals surface area contributed by atoms with Gasteiger partial charge in [-0.25, -0.2) is 14.6 Å². The van der Waals surface area contributed by atoms with Crippen LogP contribution in [0, 0.1) is 0 Å². The molecular formula is C12H20N6. The Hall–Kier alpha value is -1.69. The molecule has 0 atom stereocenters. The third-order valence-electron chi connectivity index (χ3n) is 2.82. The summed E-state index contributed by atoms with van der Waals surface area (Å²) >= 11 is 0. The highest BCUT2D eigenvalue weighted by atomic mass is 15.3. The topological polar surface area (TPSA) is 60.6 Å². The molecule has 2 rings (SSSR count). The molecule has 0 saturated carbocycles. The van der Waals surface area contributed by atoms with Crippen molar-refractivity contribution in [2.24, 2.45) is 0 Å². The fourth-order valence-electron chi connectivity index (χ4n) is 1.86. The average molecular weight is 248 g/mol. The zero-order valence-electron chi connectivity index (χ0n) is 11.0. The summed E-state index contributed by atoms with van der Waals surface area (Å²) in [5, 5.41) is 7.54. The quantitative estimate of drug-likeness (QED) is 0.744. The molecule has 0 aliphatic carbocycles. The molecule has 0 amide bonds. The van der Waals surface area contributed by atoms with Gasteiger partial charge in [-0.2, -0.15) is 5.10 Å². The Morgan fingerprint density at radius 1 is 1.22 bits per heavy atom. The van der Waals surface area contributed by atoms with Gasteiger partial charge in [0.05, 0.1) is 13.1 Å². The average Bonchev–Trinajstić information content (AvgIpc) is 3.00. The van der Waals surface area contributed by atoms with Crippen LogP contribution in [0.4, 0.5) is 0 Å². The van der Waals surface area contributed by atoms with Crippen molar-refractivity contribution in [2.45, 2.75) is 39.9 Å². The van der Waals surface area contributed by atoms with Crippen LogP contribution in [-0.2, 0) is 19.6 Å². The molecule has 6 heteroatoms. The van der Waals surface area contributed by atoms with Crippen molar-refractivity contribution in [2.75, 3.05) is 6.54 Å². The fraction of sp³-hybridized carbons (Fsp3) is 0.583. The standard InChI is InChI=1S/C12H20N6/c1-3-5-13-8-11-14-6-7-17(11)9-12-15-10-16-18(12)4-2/h6-7,10,13H,3-5,8-9H2,1-2H3. The van der Waals surface area contributed by atoms with E-state index in [0.717, 1.165) is 44.2 Å². The summed E-state index contributed by atoms with van der Waals surface area (Å²) in [6.07, 6.45) is 6.54. The van der Waals surface area contributed by atoms with Crippen LogP contribution in [0.25, 0.3) is 0 Å². The molecule has 6 nitrogen and oxygen atoms in total. The van der Waals surface area contributed by atoms with E-state index in [9.17, 15) is 0 Å². The number of nitrogens with zero attached hydrogens (tertiary/aromatic N) is 5. The first-order valence-corrected chi connectivity index (χ1v) is 6.42. The largest absolute Gasteiger partial charge is 0.326 e. The van der Waals surface area contributed by atoms with E-state index in [1.165, 1.54) is 0 Å². The molecule has 1 N–H and O–H groups in total. The minimum atomic E-state index is 0.719. The molecule has 18 heavy (non-hydrogen) atoms. The number of hydrogen-bond acceptors (Lipinski definition) is 4. The van der Waals surface area contributed by atoms with Crippen molar-refractivity contribution in [1.82, 2.24) is 29.6 Å². The first kappa shape index (κ1) is 12.8. The number of aromatic nitrogens is 5. The maximum Gasteiger partial charge on any atom is 0.146 e. The van der Waals surface area contributed by atoms with E-state index < -0.39 is 0 Å². The van der Waals surface area contributed by atoms with Crippen LogP contribution in [0.5, 0.6) is 0 Å². The molecule has 98 valence electrons. The third kappa shape index (κ3) is 2.95. The van der Waals surface area contributed by atoms with Crippen molar-refractivity contribution in [3.8, 4) is 0 Å². The van der Waals surface area contributed by atoms with Crippen LogP contribution >= 0.6 is 0 Å². The van der Waals surface area contributed by atoms with Gasteiger partial charge in [-0.1, -0.05) is 6.92 Å². The molecule has 2 aromatic rings. The van der Waals surface area contributed by atoms with Gasteiger partial charge < -0.3 is 9.88 Å². The van der Waals surface area contributed by atoms with Crippen molar-refractivity contribution in [3.63, 3.8) is 0 Å². The first-order valence-electron chi connectivity index (χ1n) is 6.42. The highest BCUT2D eigenvalue weighted by molar-refractivity contribution is 4.97. The number of aryl methyl sites for hydroxylation is 1. The Morgan fingerprint density at radius 3 is 2.89 bits per heavy atom. The number of hydrogen-bond donors (Lipinski definition) is 1. The molecule has 0 unspecified atom stereocenters. The summed E-state index contributed by atoms with van der Waals surface area (Å²) in [4.78, 5) is 8.65. The van der Waals surface area contributed by atoms with E-state index in [2.05, 4.69) is 38.8 Å². The minimum Gasteiger partial charge on any atom is -0.326 e. The van der Waals surface area contributed by atoms with Gasteiger partial charge in [-0.05, 0) is 19.9 Å². The summed E-state index contributed by atoms with van der Waals surface area (Å²) in [5.41, 5.74) is 0. The molecular weight excluding hydrogens is 228 g/mol. The van der Waals surface area contributed by atoms with Gasteiger partial charge in [0.1, 0.15) is 18.0 Å². The minimum absolute atomic E-state index is 0.719. The van der Waals surface area contributed by atoms with Crippen LogP contribution in [-0.4, -0.2) is 30.9 Å². The fourth-order valence-corrected chi connectivity index (χ4v) is 1.86. The zero-order chi connectivity index (χ0) is 12.8. The molecule has 0 aliphatic heterocycles. The van der Waals surface area contributed by atoms with Crippen LogP contribution in [0.1, 0.15) is 31.9 Å². The van der Waals surface area contributed by atoms with E-state index in [1.54, 1.807) is 6.33 Å². The lowest BCUT2D eigenvalue weighted by atomic mass is 10.4. The van der Waals surface area contributed by atoms with Gasteiger partial charge in [0.15, 0.2) is 0 Å². The summed E-state index contributed by atoms with van der Waals surface area (Å²) < 4.78 is 4.02. The lowest BCUT2D eigenvalue weighted by molar-refractivity contribution is 0.566. The second-order valence-electron chi connectivity index (χ2n) is 4.14.